The zero-order valence-electron chi connectivity index (χ0n) is 9.81. The van der Waals surface area contributed by atoms with E-state index >= 15 is 0 Å². The van der Waals surface area contributed by atoms with Gasteiger partial charge in [0.15, 0.2) is 0 Å². The van der Waals surface area contributed by atoms with Crippen molar-refractivity contribution in [2.45, 2.75) is 0 Å². The molecule has 0 spiro atoms. The van der Waals surface area contributed by atoms with E-state index in [-0.39, 0.29) is 5.82 Å². The van der Waals surface area contributed by atoms with E-state index in [1.54, 1.807) is 29.5 Å². The molecule has 3 rings (SSSR count). The third kappa shape index (κ3) is 2.67. The maximum atomic E-state index is 12.8. The molecule has 0 atom stereocenters. The molecule has 0 aliphatic rings. The van der Waals surface area contributed by atoms with Gasteiger partial charge in [0, 0.05) is 0 Å². The van der Waals surface area contributed by atoms with Crippen LogP contribution in [0.2, 0.25) is 0 Å². The lowest BCUT2D eigenvalue weighted by Gasteiger charge is -1.95. The normalized spacial score (nSPS) is 12.0. The molecule has 0 fully saturated rings. The molecule has 94 valence electrons. The van der Waals surface area contributed by atoms with Gasteiger partial charge in [0.25, 0.3) is 0 Å². The molecule has 0 saturated heterocycles. The van der Waals surface area contributed by atoms with Gasteiger partial charge in [-0.2, -0.15) is 0 Å². The third-order valence-corrected chi connectivity index (χ3v) is 4.13. The fourth-order valence-corrected chi connectivity index (χ4v) is 2.90. The highest BCUT2D eigenvalue weighted by Gasteiger charge is 2.06. The Hall–Kier alpha value is -1.71. The summed E-state index contributed by atoms with van der Waals surface area (Å²) >= 11 is 7.81. The van der Waals surface area contributed by atoms with Gasteiger partial charge in [0.05, 0.1) is 15.2 Å². The molecule has 4 heteroatoms. The molecule has 1 aromatic heterocycles. The van der Waals surface area contributed by atoms with E-state index in [2.05, 4.69) is 4.98 Å². The van der Waals surface area contributed by atoms with Crippen LogP contribution in [0.25, 0.3) is 21.3 Å². The van der Waals surface area contributed by atoms with Gasteiger partial charge in [0.2, 0.25) is 0 Å². The summed E-state index contributed by atoms with van der Waals surface area (Å²) in [5.41, 5.74) is 1.79. The molecule has 0 bridgehead atoms. The SMILES string of the molecule is Fc1ccc(/C=C(\Cl)c2nc3ccccc3s2)cc1. The Bertz CT molecular complexity index is 713. The summed E-state index contributed by atoms with van der Waals surface area (Å²) in [6.45, 7) is 0. The van der Waals surface area contributed by atoms with Crippen LogP contribution >= 0.6 is 22.9 Å². The monoisotopic (exact) mass is 289 g/mol. The van der Waals surface area contributed by atoms with Crippen molar-refractivity contribution >= 4 is 44.3 Å². The first kappa shape index (κ1) is 12.3. The number of para-hydroxylation sites is 1. The van der Waals surface area contributed by atoms with Crippen molar-refractivity contribution in [1.82, 2.24) is 4.98 Å². The highest BCUT2D eigenvalue weighted by Crippen LogP contribution is 2.30. The van der Waals surface area contributed by atoms with Crippen LogP contribution in [0.3, 0.4) is 0 Å². The van der Waals surface area contributed by atoms with Gasteiger partial charge in [-0.05, 0) is 35.9 Å². The molecule has 19 heavy (non-hydrogen) atoms. The van der Waals surface area contributed by atoms with E-state index < -0.39 is 0 Å². The topological polar surface area (TPSA) is 12.9 Å². The molecule has 0 amide bonds. The largest absolute Gasteiger partial charge is 0.235 e. The first-order chi connectivity index (χ1) is 9.22. The second kappa shape index (κ2) is 5.11. The summed E-state index contributed by atoms with van der Waals surface area (Å²) < 4.78 is 13.9. The van der Waals surface area contributed by atoms with Crippen LogP contribution in [-0.2, 0) is 0 Å². The van der Waals surface area contributed by atoms with E-state index in [9.17, 15) is 4.39 Å². The van der Waals surface area contributed by atoms with E-state index in [4.69, 9.17) is 11.6 Å². The Labute approximate surface area is 119 Å². The molecule has 0 aliphatic carbocycles. The predicted molar refractivity (Wildman–Crippen MR) is 79.7 cm³/mol. The Kier molecular flexibility index (Phi) is 3.32. The van der Waals surface area contributed by atoms with Crippen LogP contribution in [0.1, 0.15) is 10.6 Å². The third-order valence-electron chi connectivity index (χ3n) is 2.66. The molecule has 2 aromatic carbocycles. The summed E-state index contributed by atoms with van der Waals surface area (Å²) in [5, 5.41) is 1.33. The zero-order chi connectivity index (χ0) is 13.2. The van der Waals surface area contributed by atoms with E-state index in [0.29, 0.717) is 5.03 Å². The quantitative estimate of drug-likeness (QED) is 0.634. The van der Waals surface area contributed by atoms with Crippen molar-refractivity contribution in [2.24, 2.45) is 0 Å². The fraction of sp³-hybridized carbons (Fsp3) is 0. The van der Waals surface area contributed by atoms with Crippen molar-refractivity contribution in [1.29, 1.82) is 0 Å². The maximum absolute atomic E-state index is 12.8. The first-order valence-electron chi connectivity index (χ1n) is 5.71. The van der Waals surface area contributed by atoms with Crippen molar-refractivity contribution in [3.8, 4) is 0 Å². The number of nitrogens with zero attached hydrogens (tertiary/aromatic N) is 1. The summed E-state index contributed by atoms with van der Waals surface area (Å²) in [4.78, 5) is 4.47. The summed E-state index contributed by atoms with van der Waals surface area (Å²) in [5.74, 6) is -0.256. The van der Waals surface area contributed by atoms with Crippen LogP contribution in [0.15, 0.2) is 48.5 Å². The average molecular weight is 290 g/mol. The van der Waals surface area contributed by atoms with Crippen LogP contribution in [0.4, 0.5) is 4.39 Å². The van der Waals surface area contributed by atoms with Gasteiger partial charge >= 0.3 is 0 Å². The highest BCUT2D eigenvalue weighted by molar-refractivity contribution is 7.20. The Morgan fingerprint density at radius 1 is 1.11 bits per heavy atom. The van der Waals surface area contributed by atoms with E-state index in [0.717, 1.165) is 20.8 Å². The number of aromatic nitrogens is 1. The molecular formula is C15H9ClFNS. The summed E-state index contributed by atoms with van der Waals surface area (Å²) in [6, 6.07) is 14.1. The molecule has 0 N–H and O–H groups in total. The Morgan fingerprint density at radius 2 is 1.84 bits per heavy atom. The molecule has 0 unspecified atom stereocenters. The van der Waals surface area contributed by atoms with E-state index in [1.165, 1.54) is 12.1 Å². The van der Waals surface area contributed by atoms with Gasteiger partial charge in [-0.15, -0.1) is 11.3 Å². The number of hydrogen-bond acceptors (Lipinski definition) is 2. The molecule has 1 nitrogen and oxygen atoms in total. The summed E-state index contributed by atoms with van der Waals surface area (Å²) in [6.07, 6.45) is 1.79. The molecule has 1 heterocycles. The van der Waals surface area contributed by atoms with Gasteiger partial charge in [-0.1, -0.05) is 35.9 Å². The summed E-state index contributed by atoms with van der Waals surface area (Å²) in [7, 11) is 0. The first-order valence-corrected chi connectivity index (χ1v) is 6.90. The molecule has 0 radical (unpaired) electrons. The number of benzene rings is 2. The molecule has 3 aromatic rings. The standard InChI is InChI=1S/C15H9ClFNS/c16-12(9-10-5-7-11(17)8-6-10)15-18-13-3-1-2-4-14(13)19-15/h1-9H/b12-9-. The average Bonchev–Trinajstić information content (AvgIpc) is 2.85. The van der Waals surface area contributed by atoms with Crippen molar-refractivity contribution < 1.29 is 4.39 Å². The molecule has 0 aliphatic heterocycles. The van der Waals surface area contributed by atoms with Crippen LogP contribution < -0.4 is 0 Å². The zero-order valence-corrected chi connectivity index (χ0v) is 11.4. The second-order valence-corrected chi connectivity index (χ2v) is 5.47. The number of halogens is 2. The van der Waals surface area contributed by atoms with Gasteiger partial charge in [0.1, 0.15) is 10.8 Å². The van der Waals surface area contributed by atoms with Crippen molar-refractivity contribution in [3.63, 3.8) is 0 Å². The Morgan fingerprint density at radius 3 is 2.58 bits per heavy atom. The Balaban J connectivity index is 1.98. The fourth-order valence-electron chi connectivity index (χ4n) is 1.74. The van der Waals surface area contributed by atoms with Crippen molar-refractivity contribution in [2.75, 3.05) is 0 Å². The van der Waals surface area contributed by atoms with Crippen molar-refractivity contribution in [3.05, 3.63) is 64.9 Å². The number of rotatable bonds is 2. The van der Waals surface area contributed by atoms with E-state index in [1.807, 2.05) is 24.3 Å². The van der Waals surface area contributed by atoms with Gasteiger partial charge < -0.3 is 0 Å². The van der Waals surface area contributed by atoms with Crippen LogP contribution in [0, 0.1) is 5.82 Å². The number of fused-ring (bicyclic) bond motifs is 1. The minimum atomic E-state index is -0.256. The van der Waals surface area contributed by atoms with Crippen LogP contribution in [0.5, 0.6) is 0 Å². The lowest BCUT2D eigenvalue weighted by atomic mass is 10.2. The highest BCUT2D eigenvalue weighted by atomic mass is 35.5. The molecular weight excluding hydrogens is 281 g/mol. The van der Waals surface area contributed by atoms with Gasteiger partial charge in [-0.25, -0.2) is 9.37 Å². The second-order valence-electron chi connectivity index (χ2n) is 4.03. The number of thiazole rings is 1. The lowest BCUT2D eigenvalue weighted by molar-refractivity contribution is 0.628. The van der Waals surface area contributed by atoms with Gasteiger partial charge in [-0.3, -0.25) is 0 Å². The minimum absolute atomic E-state index is 0.256. The maximum Gasteiger partial charge on any atom is 0.136 e. The van der Waals surface area contributed by atoms with Crippen LogP contribution in [-0.4, -0.2) is 4.98 Å². The molecule has 0 saturated carbocycles. The number of hydrogen-bond donors (Lipinski definition) is 0. The lowest BCUT2D eigenvalue weighted by Crippen LogP contribution is -1.77. The smallest absolute Gasteiger partial charge is 0.136 e. The predicted octanol–water partition coefficient (Wildman–Crippen LogP) is 5.17. The minimum Gasteiger partial charge on any atom is -0.235 e.